The van der Waals surface area contributed by atoms with Crippen LogP contribution in [0.1, 0.15) is 66.7 Å². The minimum absolute atomic E-state index is 0.202. The zero-order chi connectivity index (χ0) is 18.8. The molecule has 0 aromatic carbocycles. The fraction of sp³-hybridized carbons (Fsp3) is 0.812. The average molecular weight is 367 g/mol. The van der Waals surface area contributed by atoms with Crippen molar-refractivity contribution in [1.82, 2.24) is 0 Å². The number of hydrogen-bond donors (Lipinski definition) is 0. The lowest BCUT2D eigenvalue weighted by Crippen LogP contribution is -2.32. The molecule has 0 aliphatic carbocycles. The predicted octanol–water partition coefficient (Wildman–Crippen LogP) is 3.48. The molecular weight excluding hydrogens is 340 g/mol. The number of rotatable bonds is 12. The van der Waals surface area contributed by atoms with Gasteiger partial charge in [0.15, 0.2) is 0 Å². The first-order valence-electron chi connectivity index (χ1n) is 8.09. The number of ether oxygens (including phenoxy) is 1. The van der Waals surface area contributed by atoms with Gasteiger partial charge in [-0.15, -0.1) is 0 Å². The first kappa shape index (κ1) is 22.8. The van der Waals surface area contributed by atoms with E-state index in [9.17, 15) is 14.4 Å². The van der Waals surface area contributed by atoms with E-state index in [2.05, 4.69) is 9.93 Å². The van der Waals surface area contributed by atoms with Gasteiger partial charge in [0.25, 0.3) is 0 Å². The number of halogens is 1. The largest absolute Gasteiger partial charge is 0.456 e. The fourth-order valence-electron chi connectivity index (χ4n) is 2.15. The van der Waals surface area contributed by atoms with E-state index in [1.807, 2.05) is 13.8 Å². The van der Waals surface area contributed by atoms with Crippen molar-refractivity contribution in [3.8, 4) is 0 Å². The summed E-state index contributed by atoms with van der Waals surface area (Å²) in [6.07, 6.45) is 2.89. The highest BCUT2D eigenvalue weighted by atomic mass is 35.5. The van der Waals surface area contributed by atoms with Crippen LogP contribution in [0.2, 0.25) is 0 Å². The normalized spacial score (nSPS) is 13.9. The molecule has 0 aliphatic heterocycles. The van der Waals surface area contributed by atoms with E-state index in [1.54, 1.807) is 20.8 Å². The quantitative estimate of drug-likeness (QED) is 0.172. The standard InChI is InChI=1S/C16H27ClO7/c1-6-8-9-12(7-2)14(19)22-24-23-16(4,5)10-11(3)21-15(20)13(17)18/h11-12H,6-10H2,1-5H3. The molecule has 2 unspecified atom stereocenters. The number of carbonyl (C=O) groups excluding carboxylic acids is 3. The second-order valence-corrected chi connectivity index (χ2v) is 6.60. The molecule has 0 aliphatic rings. The van der Waals surface area contributed by atoms with Crippen molar-refractivity contribution in [3.63, 3.8) is 0 Å². The molecule has 8 heteroatoms. The van der Waals surface area contributed by atoms with E-state index in [1.165, 1.54) is 0 Å². The van der Waals surface area contributed by atoms with Gasteiger partial charge in [-0.1, -0.05) is 26.7 Å². The lowest BCUT2D eigenvalue weighted by molar-refractivity contribution is -0.518. The highest BCUT2D eigenvalue weighted by Crippen LogP contribution is 2.20. The molecule has 0 aromatic rings. The molecule has 0 saturated carbocycles. The Morgan fingerprint density at radius 2 is 1.79 bits per heavy atom. The van der Waals surface area contributed by atoms with Crippen molar-refractivity contribution < 1.29 is 33.9 Å². The molecule has 0 bridgehead atoms. The first-order valence-corrected chi connectivity index (χ1v) is 8.47. The van der Waals surface area contributed by atoms with Crippen molar-refractivity contribution in [2.45, 2.75) is 78.4 Å². The zero-order valence-corrected chi connectivity index (χ0v) is 15.7. The molecule has 0 heterocycles. The van der Waals surface area contributed by atoms with Gasteiger partial charge in [0.2, 0.25) is 0 Å². The summed E-state index contributed by atoms with van der Waals surface area (Å²) < 4.78 is 4.81. The van der Waals surface area contributed by atoms with Crippen molar-refractivity contribution in [2.24, 2.45) is 5.92 Å². The highest BCUT2D eigenvalue weighted by Gasteiger charge is 2.28. The molecule has 2 atom stereocenters. The van der Waals surface area contributed by atoms with E-state index in [-0.39, 0.29) is 12.3 Å². The first-order chi connectivity index (χ1) is 11.1. The maximum Gasteiger partial charge on any atom is 0.391 e. The Balaban J connectivity index is 4.25. The molecular formula is C16H27ClO7. The summed E-state index contributed by atoms with van der Waals surface area (Å²) in [6, 6.07) is 0. The summed E-state index contributed by atoms with van der Waals surface area (Å²) in [7, 11) is 0. The fourth-order valence-corrected chi connectivity index (χ4v) is 2.19. The van der Waals surface area contributed by atoms with Crippen LogP contribution < -0.4 is 0 Å². The van der Waals surface area contributed by atoms with Crippen LogP contribution in [-0.2, 0) is 33.9 Å². The van der Waals surface area contributed by atoms with Crippen LogP contribution in [0.3, 0.4) is 0 Å². The third kappa shape index (κ3) is 9.85. The lowest BCUT2D eigenvalue weighted by atomic mass is 10.00. The van der Waals surface area contributed by atoms with E-state index < -0.39 is 28.9 Å². The smallest absolute Gasteiger partial charge is 0.391 e. The average Bonchev–Trinajstić information content (AvgIpc) is 2.46. The maximum atomic E-state index is 11.9. The van der Waals surface area contributed by atoms with Crippen LogP contribution in [-0.4, -0.2) is 28.9 Å². The summed E-state index contributed by atoms with van der Waals surface area (Å²) in [5, 5.41) is 3.40. The third-order valence-electron chi connectivity index (χ3n) is 3.36. The van der Waals surface area contributed by atoms with Gasteiger partial charge in [-0.05, 0) is 50.3 Å². The van der Waals surface area contributed by atoms with Crippen LogP contribution in [0.5, 0.6) is 0 Å². The second-order valence-electron chi connectivity index (χ2n) is 6.25. The van der Waals surface area contributed by atoms with E-state index in [0.717, 1.165) is 19.3 Å². The topological polar surface area (TPSA) is 88.1 Å². The van der Waals surface area contributed by atoms with Gasteiger partial charge in [-0.25, -0.2) is 9.59 Å². The number of hydrogen-bond acceptors (Lipinski definition) is 7. The second kappa shape index (κ2) is 11.4. The minimum Gasteiger partial charge on any atom is -0.456 e. The van der Waals surface area contributed by atoms with Crippen molar-refractivity contribution in [1.29, 1.82) is 0 Å². The molecule has 0 N–H and O–H groups in total. The number of esters is 1. The molecule has 0 amide bonds. The molecule has 0 radical (unpaired) electrons. The van der Waals surface area contributed by atoms with Crippen molar-refractivity contribution >= 4 is 28.8 Å². The number of unbranched alkanes of at least 4 members (excludes halogenated alkanes) is 1. The molecule has 0 saturated heterocycles. The lowest BCUT2D eigenvalue weighted by Gasteiger charge is -2.25. The molecule has 0 fully saturated rings. The van der Waals surface area contributed by atoms with E-state index >= 15 is 0 Å². The summed E-state index contributed by atoms with van der Waals surface area (Å²) in [4.78, 5) is 43.3. The zero-order valence-electron chi connectivity index (χ0n) is 14.9. The highest BCUT2D eigenvalue weighted by molar-refractivity contribution is 6.80. The Morgan fingerprint density at radius 3 is 2.29 bits per heavy atom. The Morgan fingerprint density at radius 1 is 1.17 bits per heavy atom. The molecule has 0 rings (SSSR count). The molecule has 0 spiro atoms. The van der Waals surface area contributed by atoms with Crippen LogP contribution >= 0.6 is 11.6 Å². The summed E-state index contributed by atoms with van der Waals surface area (Å²) in [5.74, 6) is -1.84. The summed E-state index contributed by atoms with van der Waals surface area (Å²) >= 11 is 5.01. The van der Waals surface area contributed by atoms with Gasteiger partial charge in [0.05, 0.1) is 5.92 Å². The Hall–Kier alpha value is -1.18. The van der Waals surface area contributed by atoms with E-state index in [0.29, 0.717) is 6.42 Å². The van der Waals surface area contributed by atoms with Crippen LogP contribution in [0.4, 0.5) is 0 Å². The molecule has 0 aromatic heterocycles. The molecule has 7 nitrogen and oxygen atoms in total. The Bertz CT molecular complexity index is 423. The minimum atomic E-state index is -1.19. The van der Waals surface area contributed by atoms with Gasteiger partial charge in [0.1, 0.15) is 11.7 Å². The third-order valence-corrected chi connectivity index (χ3v) is 3.51. The van der Waals surface area contributed by atoms with Crippen molar-refractivity contribution in [3.05, 3.63) is 0 Å². The predicted molar refractivity (Wildman–Crippen MR) is 86.7 cm³/mol. The van der Waals surface area contributed by atoms with Gasteiger partial charge >= 0.3 is 17.2 Å². The SMILES string of the molecule is CCCCC(CC)C(=O)OOOC(C)(C)CC(C)OC(=O)C(=O)Cl. The van der Waals surface area contributed by atoms with Gasteiger partial charge in [-0.3, -0.25) is 9.68 Å². The molecule has 24 heavy (non-hydrogen) atoms. The van der Waals surface area contributed by atoms with Gasteiger partial charge in [-0.2, -0.15) is 4.89 Å². The monoisotopic (exact) mass is 366 g/mol. The Labute approximate surface area is 147 Å². The van der Waals surface area contributed by atoms with Crippen molar-refractivity contribution in [2.75, 3.05) is 0 Å². The Kier molecular flexibility index (Phi) is 10.8. The summed E-state index contributed by atoms with van der Waals surface area (Å²) in [5.41, 5.74) is -0.916. The van der Waals surface area contributed by atoms with Gasteiger partial charge in [0, 0.05) is 6.42 Å². The summed E-state index contributed by atoms with van der Waals surface area (Å²) in [6.45, 7) is 8.84. The maximum absolute atomic E-state index is 11.9. The van der Waals surface area contributed by atoms with Crippen LogP contribution in [0.25, 0.3) is 0 Å². The van der Waals surface area contributed by atoms with E-state index in [4.69, 9.17) is 21.2 Å². The van der Waals surface area contributed by atoms with Crippen LogP contribution in [0.15, 0.2) is 0 Å². The number of carbonyl (C=O) groups is 3. The van der Waals surface area contributed by atoms with Gasteiger partial charge < -0.3 is 4.74 Å². The van der Waals surface area contributed by atoms with Crippen LogP contribution in [0, 0.1) is 5.92 Å². The molecule has 140 valence electrons.